The monoisotopic (exact) mass is 462 g/mol. The van der Waals surface area contributed by atoms with Crippen molar-refractivity contribution in [2.24, 2.45) is 11.8 Å². The van der Waals surface area contributed by atoms with Gasteiger partial charge in [-0.15, -0.1) is 0 Å². The minimum Gasteiger partial charge on any atom is -0.427 e. The van der Waals surface area contributed by atoms with Gasteiger partial charge in [0, 0.05) is 43.0 Å². The molecule has 0 spiro atoms. The Morgan fingerprint density at radius 2 is 1.94 bits per heavy atom. The number of ether oxygens (including phenoxy) is 1. The zero-order valence-electron chi connectivity index (χ0n) is 19.8. The summed E-state index contributed by atoms with van der Waals surface area (Å²) in [5.41, 5.74) is 1.42. The molecule has 2 saturated carbocycles. The second-order valence-corrected chi connectivity index (χ2v) is 10.4. The maximum atomic E-state index is 12.9. The van der Waals surface area contributed by atoms with Crippen LogP contribution in [0, 0.1) is 11.8 Å². The van der Waals surface area contributed by atoms with Crippen LogP contribution in [-0.2, 0) is 10.2 Å². The average Bonchev–Trinajstić information content (AvgIpc) is 3.64. The topological polar surface area (TPSA) is 78.9 Å². The predicted octanol–water partition coefficient (Wildman–Crippen LogP) is 3.53. The van der Waals surface area contributed by atoms with Crippen LogP contribution in [0.15, 0.2) is 54.6 Å². The second-order valence-electron chi connectivity index (χ2n) is 10.4. The summed E-state index contributed by atoms with van der Waals surface area (Å²) in [4.78, 5) is 27.0. The van der Waals surface area contributed by atoms with E-state index in [1.807, 2.05) is 42.5 Å². The van der Waals surface area contributed by atoms with Crippen LogP contribution in [0.3, 0.4) is 0 Å². The molecule has 1 aliphatic heterocycles. The second kappa shape index (κ2) is 9.51. The normalized spacial score (nSPS) is 29.2. The first-order chi connectivity index (χ1) is 16.4. The van der Waals surface area contributed by atoms with E-state index in [-0.39, 0.29) is 29.3 Å². The van der Waals surface area contributed by atoms with Gasteiger partial charge >= 0.3 is 5.97 Å². The summed E-state index contributed by atoms with van der Waals surface area (Å²) in [6, 6.07) is 16.9. The van der Waals surface area contributed by atoms with Crippen molar-refractivity contribution in [3.05, 3.63) is 65.7 Å². The zero-order chi connectivity index (χ0) is 23.7. The van der Waals surface area contributed by atoms with E-state index in [0.29, 0.717) is 17.7 Å². The number of carbonyl (C=O) groups excluding carboxylic acids is 2. The number of nitrogens with zero attached hydrogens (tertiary/aromatic N) is 1. The van der Waals surface area contributed by atoms with Gasteiger partial charge in [0.1, 0.15) is 5.75 Å². The number of hydrogen-bond donors (Lipinski definition) is 2. The minimum atomic E-state index is -0.519. The summed E-state index contributed by atoms with van der Waals surface area (Å²) in [6.07, 6.45) is 4.32. The van der Waals surface area contributed by atoms with E-state index in [1.165, 1.54) is 19.8 Å². The number of aliphatic hydroxyl groups is 1. The molecule has 2 aliphatic carbocycles. The fourth-order valence-electron chi connectivity index (χ4n) is 6.12. The number of nitrogens with one attached hydrogen (secondary N) is 1. The van der Waals surface area contributed by atoms with Gasteiger partial charge in [0.25, 0.3) is 5.91 Å². The van der Waals surface area contributed by atoms with Crippen LogP contribution in [0.2, 0.25) is 0 Å². The van der Waals surface area contributed by atoms with E-state index < -0.39 is 6.10 Å². The van der Waals surface area contributed by atoms with Gasteiger partial charge in [0.05, 0.1) is 6.10 Å². The largest absolute Gasteiger partial charge is 0.427 e. The quantitative estimate of drug-likeness (QED) is 0.507. The van der Waals surface area contributed by atoms with Gasteiger partial charge < -0.3 is 20.1 Å². The standard InChI is InChI=1S/C28H34N2O4/c1-19(31)34-24-9-5-8-22(14-24)28-12-13-30(17-20-10-11-20)18-25(28)26(32)15-23(16-28)29-27(33)21-6-3-2-4-7-21/h2-9,14,20,23,25-26,32H,10-13,15-18H2,1H3,(H,29,33)/t23-,25?,26?,28?/m1/s1. The third-order valence-electron chi connectivity index (χ3n) is 7.89. The van der Waals surface area contributed by atoms with Crippen LogP contribution in [-0.4, -0.2) is 53.7 Å². The summed E-state index contributed by atoms with van der Waals surface area (Å²) >= 11 is 0. The van der Waals surface area contributed by atoms with Gasteiger partial charge in [-0.3, -0.25) is 9.59 Å². The highest BCUT2D eigenvalue weighted by atomic mass is 16.5. The van der Waals surface area contributed by atoms with Gasteiger partial charge in [0.2, 0.25) is 0 Å². The first-order valence-electron chi connectivity index (χ1n) is 12.5. The number of carbonyl (C=O) groups is 2. The van der Waals surface area contributed by atoms with E-state index >= 15 is 0 Å². The number of amides is 1. The van der Waals surface area contributed by atoms with Crippen molar-refractivity contribution in [1.29, 1.82) is 0 Å². The molecule has 0 aromatic heterocycles. The Kier molecular flexibility index (Phi) is 6.45. The molecule has 2 N–H and O–H groups in total. The van der Waals surface area contributed by atoms with Crippen molar-refractivity contribution in [3.63, 3.8) is 0 Å². The molecule has 3 aliphatic rings. The molecule has 2 aromatic rings. The smallest absolute Gasteiger partial charge is 0.308 e. The number of fused-ring (bicyclic) bond motifs is 1. The first-order valence-corrected chi connectivity index (χ1v) is 12.5. The van der Waals surface area contributed by atoms with Gasteiger partial charge in [0.15, 0.2) is 0 Å². The lowest BCUT2D eigenvalue weighted by Gasteiger charge is -2.55. The summed E-state index contributed by atoms with van der Waals surface area (Å²) in [6.45, 7) is 4.34. The van der Waals surface area contributed by atoms with E-state index in [2.05, 4.69) is 16.3 Å². The molecule has 1 amide bonds. The Labute approximate surface area is 201 Å². The van der Waals surface area contributed by atoms with E-state index in [1.54, 1.807) is 6.07 Å². The van der Waals surface area contributed by atoms with Crippen LogP contribution < -0.4 is 10.1 Å². The zero-order valence-corrected chi connectivity index (χ0v) is 19.8. The van der Waals surface area contributed by atoms with Crippen LogP contribution in [0.4, 0.5) is 0 Å². The molecule has 0 bridgehead atoms. The lowest BCUT2D eigenvalue weighted by Crippen LogP contribution is -2.61. The van der Waals surface area contributed by atoms with Crippen molar-refractivity contribution in [2.75, 3.05) is 19.6 Å². The van der Waals surface area contributed by atoms with Crippen molar-refractivity contribution < 1.29 is 19.4 Å². The third kappa shape index (κ3) is 4.89. The molecule has 5 rings (SSSR count). The highest BCUT2D eigenvalue weighted by Crippen LogP contribution is 2.50. The van der Waals surface area contributed by atoms with Crippen LogP contribution in [0.1, 0.15) is 54.9 Å². The van der Waals surface area contributed by atoms with Crippen LogP contribution >= 0.6 is 0 Å². The maximum absolute atomic E-state index is 12.9. The number of benzene rings is 2. The highest BCUT2D eigenvalue weighted by molar-refractivity contribution is 5.94. The molecular weight excluding hydrogens is 428 g/mol. The number of likely N-dealkylation sites (tertiary alicyclic amines) is 1. The number of piperidine rings is 1. The summed E-state index contributed by atoms with van der Waals surface area (Å²) in [5.74, 6) is 0.952. The Balaban J connectivity index is 1.43. The molecule has 4 atom stereocenters. The first kappa shape index (κ1) is 23.1. The molecule has 6 nitrogen and oxygen atoms in total. The maximum Gasteiger partial charge on any atom is 0.308 e. The lowest BCUT2D eigenvalue weighted by molar-refractivity contribution is -0.131. The fraction of sp³-hybridized carbons (Fsp3) is 0.500. The Hall–Kier alpha value is -2.70. The molecule has 1 saturated heterocycles. The minimum absolute atomic E-state index is 0.0671. The lowest BCUT2D eigenvalue weighted by atomic mass is 9.57. The van der Waals surface area contributed by atoms with Crippen LogP contribution in [0.25, 0.3) is 0 Å². The molecule has 180 valence electrons. The van der Waals surface area contributed by atoms with Crippen molar-refractivity contribution >= 4 is 11.9 Å². The molecule has 34 heavy (non-hydrogen) atoms. The summed E-state index contributed by atoms with van der Waals surface area (Å²) < 4.78 is 5.40. The fourth-order valence-corrected chi connectivity index (χ4v) is 6.12. The summed E-state index contributed by atoms with van der Waals surface area (Å²) in [7, 11) is 0. The number of esters is 1. The summed E-state index contributed by atoms with van der Waals surface area (Å²) in [5, 5.41) is 14.6. The van der Waals surface area contributed by atoms with Crippen molar-refractivity contribution in [2.45, 2.75) is 56.6 Å². The molecule has 0 radical (unpaired) electrons. The highest BCUT2D eigenvalue weighted by Gasteiger charge is 2.52. The molecule has 3 fully saturated rings. The van der Waals surface area contributed by atoms with E-state index in [4.69, 9.17) is 4.74 Å². The Morgan fingerprint density at radius 1 is 1.15 bits per heavy atom. The van der Waals surface area contributed by atoms with Crippen molar-refractivity contribution in [1.82, 2.24) is 10.2 Å². The van der Waals surface area contributed by atoms with Crippen molar-refractivity contribution in [3.8, 4) is 5.75 Å². The van der Waals surface area contributed by atoms with Gasteiger partial charge in [-0.2, -0.15) is 0 Å². The Bertz CT molecular complexity index is 1040. The molecule has 2 aromatic carbocycles. The number of aliphatic hydroxyl groups excluding tert-OH is 1. The number of rotatable bonds is 6. The molecule has 3 unspecified atom stereocenters. The SMILES string of the molecule is CC(=O)Oc1cccc(C23CCN(CC4CC4)CC2C(O)C[C@@H](NC(=O)c2ccccc2)C3)c1. The average molecular weight is 463 g/mol. The van der Waals surface area contributed by atoms with E-state index in [9.17, 15) is 14.7 Å². The molecule has 1 heterocycles. The van der Waals surface area contributed by atoms with Crippen LogP contribution in [0.5, 0.6) is 5.75 Å². The van der Waals surface area contributed by atoms with Gasteiger partial charge in [-0.25, -0.2) is 0 Å². The molecular formula is C28H34N2O4. The van der Waals surface area contributed by atoms with Gasteiger partial charge in [-0.1, -0.05) is 30.3 Å². The molecule has 6 heteroatoms. The third-order valence-corrected chi connectivity index (χ3v) is 7.89. The van der Waals surface area contributed by atoms with Gasteiger partial charge in [-0.05, 0) is 74.4 Å². The number of hydrogen-bond acceptors (Lipinski definition) is 5. The van der Waals surface area contributed by atoms with E-state index in [0.717, 1.165) is 44.0 Å². The Morgan fingerprint density at radius 3 is 2.68 bits per heavy atom. The predicted molar refractivity (Wildman–Crippen MR) is 130 cm³/mol.